The normalized spacial score (nSPS) is 15.1. The zero-order chi connectivity index (χ0) is 18.6. The number of hydrogen-bond acceptors (Lipinski definition) is 4. The number of nitrogens with one attached hydrogen (secondary N) is 1. The molecule has 0 aliphatic carbocycles. The number of nitrogens with zero attached hydrogens (tertiary/aromatic N) is 3. The maximum Gasteiger partial charge on any atom is 0.256 e. The van der Waals surface area contributed by atoms with Gasteiger partial charge in [-0.15, -0.1) is 0 Å². The van der Waals surface area contributed by atoms with Crippen LogP contribution in [0.15, 0.2) is 48.8 Å². The molecule has 4 rings (SSSR count). The quantitative estimate of drug-likeness (QED) is 0.752. The van der Waals surface area contributed by atoms with Gasteiger partial charge in [-0.2, -0.15) is 5.10 Å². The number of benzene rings is 2. The maximum atomic E-state index is 13.4. The molecule has 1 aliphatic rings. The van der Waals surface area contributed by atoms with E-state index in [-0.39, 0.29) is 11.7 Å². The molecule has 0 unspecified atom stereocenters. The fraction of sp³-hybridized carbons (Fsp3) is 0.300. The van der Waals surface area contributed by atoms with Crippen LogP contribution in [0.5, 0.6) is 0 Å². The number of anilines is 1. The van der Waals surface area contributed by atoms with E-state index in [1.165, 1.54) is 12.1 Å². The van der Waals surface area contributed by atoms with Gasteiger partial charge in [0.25, 0.3) is 5.91 Å². The van der Waals surface area contributed by atoms with Crippen molar-refractivity contribution in [2.24, 2.45) is 0 Å². The second-order valence-electron chi connectivity index (χ2n) is 6.57. The van der Waals surface area contributed by atoms with Crippen molar-refractivity contribution in [3.63, 3.8) is 0 Å². The summed E-state index contributed by atoms with van der Waals surface area (Å²) < 4.78 is 20.6. The highest BCUT2D eigenvalue weighted by atomic mass is 19.1. The van der Waals surface area contributed by atoms with Gasteiger partial charge in [0, 0.05) is 31.4 Å². The Morgan fingerprint density at radius 2 is 2.04 bits per heavy atom. The van der Waals surface area contributed by atoms with Gasteiger partial charge in [0.15, 0.2) is 0 Å². The van der Waals surface area contributed by atoms with Crippen molar-refractivity contribution >= 4 is 22.4 Å². The molecule has 140 valence electrons. The Morgan fingerprint density at radius 1 is 1.19 bits per heavy atom. The van der Waals surface area contributed by atoms with Gasteiger partial charge >= 0.3 is 0 Å². The molecule has 1 amide bonds. The van der Waals surface area contributed by atoms with E-state index >= 15 is 0 Å². The summed E-state index contributed by atoms with van der Waals surface area (Å²) in [6, 6.07) is 9.70. The van der Waals surface area contributed by atoms with E-state index in [0.29, 0.717) is 16.6 Å². The van der Waals surface area contributed by atoms with Crippen molar-refractivity contribution in [1.82, 2.24) is 14.7 Å². The van der Waals surface area contributed by atoms with E-state index in [1.807, 2.05) is 10.9 Å². The predicted octanol–water partition coefficient (Wildman–Crippen LogP) is 2.76. The van der Waals surface area contributed by atoms with Crippen LogP contribution >= 0.6 is 0 Å². The lowest BCUT2D eigenvalue weighted by Crippen LogP contribution is -2.38. The van der Waals surface area contributed by atoms with Crippen LogP contribution in [0.1, 0.15) is 10.4 Å². The summed E-state index contributed by atoms with van der Waals surface area (Å²) >= 11 is 0. The molecule has 1 aliphatic heterocycles. The van der Waals surface area contributed by atoms with Crippen molar-refractivity contribution in [3.8, 4) is 0 Å². The van der Waals surface area contributed by atoms with Gasteiger partial charge in [-0.3, -0.25) is 14.4 Å². The lowest BCUT2D eigenvalue weighted by atomic mass is 10.0. The van der Waals surface area contributed by atoms with Gasteiger partial charge in [0.05, 0.1) is 31.6 Å². The third-order valence-corrected chi connectivity index (χ3v) is 4.73. The Bertz CT molecular complexity index is 950. The Labute approximate surface area is 156 Å². The number of ether oxygens (including phenoxy) is 1. The van der Waals surface area contributed by atoms with Crippen LogP contribution in [0, 0.1) is 5.82 Å². The molecular formula is C20H21FN4O2. The number of rotatable bonds is 5. The molecule has 0 bridgehead atoms. The topological polar surface area (TPSA) is 59.4 Å². The lowest BCUT2D eigenvalue weighted by molar-refractivity contribution is 0.0360. The van der Waals surface area contributed by atoms with Crippen molar-refractivity contribution < 1.29 is 13.9 Å². The number of amides is 1. The lowest BCUT2D eigenvalue weighted by Gasteiger charge is -2.26. The van der Waals surface area contributed by atoms with Crippen molar-refractivity contribution in [1.29, 1.82) is 0 Å². The molecule has 6 nitrogen and oxygen atoms in total. The van der Waals surface area contributed by atoms with Crippen LogP contribution < -0.4 is 5.32 Å². The molecule has 0 saturated carbocycles. The average molecular weight is 368 g/mol. The molecule has 0 spiro atoms. The molecule has 0 radical (unpaired) electrons. The Balaban J connectivity index is 1.42. The van der Waals surface area contributed by atoms with Crippen molar-refractivity contribution in [2.45, 2.75) is 6.54 Å². The van der Waals surface area contributed by atoms with Gasteiger partial charge < -0.3 is 10.1 Å². The van der Waals surface area contributed by atoms with Crippen LogP contribution in [0.2, 0.25) is 0 Å². The first-order valence-corrected chi connectivity index (χ1v) is 9.01. The SMILES string of the molecule is O=C(Nc1cnn(CCN2CCOCC2)c1)c1cccc2cc(F)ccc12. The molecular weight excluding hydrogens is 347 g/mol. The van der Waals surface area contributed by atoms with Crippen molar-refractivity contribution in [2.75, 3.05) is 38.2 Å². The van der Waals surface area contributed by atoms with Crippen LogP contribution in [0.25, 0.3) is 10.8 Å². The number of morpholine rings is 1. The van der Waals surface area contributed by atoms with Crippen LogP contribution in [-0.4, -0.2) is 53.4 Å². The fourth-order valence-electron chi connectivity index (χ4n) is 3.27. The molecule has 1 fully saturated rings. The molecule has 27 heavy (non-hydrogen) atoms. The Hall–Kier alpha value is -2.77. The summed E-state index contributed by atoms with van der Waals surface area (Å²) in [5.74, 6) is -0.554. The first kappa shape index (κ1) is 17.6. The van der Waals surface area contributed by atoms with E-state index in [9.17, 15) is 9.18 Å². The monoisotopic (exact) mass is 368 g/mol. The summed E-state index contributed by atoms with van der Waals surface area (Å²) in [7, 11) is 0. The molecule has 7 heteroatoms. The first-order chi connectivity index (χ1) is 13.2. The smallest absolute Gasteiger partial charge is 0.256 e. The standard InChI is InChI=1S/C20H21FN4O2/c21-16-4-5-18-15(12-16)2-1-3-19(18)20(26)23-17-13-22-25(14-17)7-6-24-8-10-27-11-9-24/h1-5,12-14H,6-11H2,(H,23,26). The molecule has 1 N–H and O–H groups in total. The highest BCUT2D eigenvalue weighted by Gasteiger charge is 2.13. The molecule has 0 atom stereocenters. The number of fused-ring (bicyclic) bond motifs is 1. The predicted molar refractivity (Wildman–Crippen MR) is 101 cm³/mol. The largest absolute Gasteiger partial charge is 0.379 e. The Morgan fingerprint density at radius 3 is 2.89 bits per heavy atom. The third-order valence-electron chi connectivity index (χ3n) is 4.73. The summed E-state index contributed by atoms with van der Waals surface area (Å²) in [5, 5.41) is 8.61. The molecule has 2 aromatic carbocycles. The summed E-state index contributed by atoms with van der Waals surface area (Å²) in [6.07, 6.45) is 3.46. The number of carbonyl (C=O) groups is 1. The van der Waals surface area contributed by atoms with Gasteiger partial charge in [0.2, 0.25) is 0 Å². The van der Waals surface area contributed by atoms with Crippen LogP contribution in [-0.2, 0) is 11.3 Å². The summed E-state index contributed by atoms with van der Waals surface area (Å²) in [4.78, 5) is 15.0. The number of aromatic nitrogens is 2. The maximum absolute atomic E-state index is 13.4. The van der Waals surface area contributed by atoms with Gasteiger partial charge in [0.1, 0.15) is 5.82 Å². The zero-order valence-corrected chi connectivity index (χ0v) is 14.9. The van der Waals surface area contributed by atoms with E-state index in [0.717, 1.165) is 44.8 Å². The van der Waals surface area contributed by atoms with Gasteiger partial charge in [-0.1, -0.05) is 18.2 Å². The minimum atomic E-state index is -0.318. The highest BCUT2D eigenvalue weighted by Crippen LogP contribution is 2.21. The molecule has 3 aromatic rings. The third kappa shape index (κ3) is 4.15. The fourth-order valence-corrected chi connectivity index (χ4v) is 3.27. The molecule has 1 saturated heterocycles. The summed E-state index contributed by atoms with van der Waals surface area (Å²) in [5.41, 5.74) is 1.15. The minimum absolute atomic E-state index is 0.236. The number of hydrogen-bond donors (Lipinski definition) is 1. The molecule has 2 heterocycles. The van der Waals surface area contributed by atoms with Crippen molar-refractivity contribution in [3.05, 3.63) is 60.2 Å². The second kappa shape index (κ2) is 7.85. The first-order valence-electron chi connectivity index (χ1n) is 9.01. The van der Waals surface area contributed by atoms with Gasteiger partial charge in [-0.05, 0) is 29.0 Å². The highest BCUT2D eigenvalue weighted by molar-refractivity contribution is 6.12. The Kier molecular flexibility index (Phi) is 5.13. The minimum Gasteiger partial charge on any atom is -0.379 e. The van der Waals surface area contributed by atoms with E-state index in [4.69, 9.17) is 4.74 Å². The van der Waals surface area contributed by atoms with E-state index in [2.05, 4.69) is 15.3 Å². The second-order valence-corrected chi connectivity index (χ2v) is 6.57. The number of halogens is 1. The van der Waals surface area contributed by atoms with E-state index < -0.39 is 0 Å². The van der Waals surface area contributed by atoms with Crippen LogP contribution in [0.4, 0.5) is 10.1 Å². The zero-order valence-electron chi connectivity index (χ0n) is 14.9. The molecule has 1 aromatic heterocycles. The average Bonchev–Trinajstić information content (AvgIpc) is 3.13. The van der Waals surface area contributed by atoms with E-state index in [1.54, 1.807) is 30.5 Å². The summed E-state index contributed by atoms with van der Waals surface area (Å²) in [6.45, 7) is 5.07. The number of carbonyl (C=O) groups excluding carboxylic acids is 1. The van der Waals surface area contributed by atoms with Gasteiger partial charge in [-0.25, -0.2) is 4.39 Å². The van der Waals surface area contributed by atoms with Crippen LogP contribution in [0.3, 0.4) is 0 Å².